The Hall–Kier alpha value is -1.73. The molecular formula is C16H21ClN4O2S. The van der Waals surface area contributed by atoms with E-state index in [-0.39, 0.29) is 17.1 Å². The zero-order chi connectivity index (χ0) is 17.9. The van der Waals surface area contributed by atoms with E-state index in [0.717, 1.165) is 5.56 Å². The maximum absolute atomic E-state index is 12.3. The molecule has 2 aromatic rings. The molecule has 1 heterocycles. The highest BCUT2D eigenvalue weighted by Crippen LogP contribution is 2.32. The van der Waals surface area contributed by atoms with E-state index in [1.165, 1.54) is 11.8 Å². The van der Waals surface area contributed by atoms with Crippen LogP contribution in [0.2, 0.25) is 5.02 Å². The monoisotopic (exact) mass is 368 g/mol. The molecule has 2 rings (SSSR count). The number of amides is 1. The summed E-state index contributed by atoms with van der Waals surface area (Å²) in [5, 5.41) is 7.96. The van der Waals surface area contributed by atoms with Crippen LogP contribution in [0.3, 0.4) is 0 Å². The number of carbonyl (C=O) groups excluding carboxylic acids is 1. The van der Waals surface area contributed by atoms with Gasteiger partial charge in [-0.3, -0.25) is 9.89 Å². The molecule has 1 amide bonds. The van der Waals surface area contributed by atoms with Crippen LogP contribution < -0.4 is 4.74 Å². The van der Waals surface area contributed by atoms with E-state index in [1.54, 1.807) is 44.3 Å². The summed E-state index contributed by atoms with van der Waals surface area (Å²) in [5.74, 6) is 1.41. The molecule has 6 nitrogen and oxygen atoms in total. The first-order valence-electron chi connectivity index (χ1n) is 7.47. The van der Waals surface area contributed by atoms with Crippen molar-refractivity contribution in [3.8, 4) is 17.1 Å². The Labute approximate surface area is 150 Å². The number of aromatic amines is 1. The lowest BCUT2D eigenvalue weighted by molar-refractivity contribution is -0.128. The van der Waals surface area contributed by atoms with Crippen LogP contribution >= 0.6 is 23.4 Å². The molecule has 0 aliphatic rings. The van der Waals surface area contributed by atoms with E-state index in [9.17, 15) is 4.79 Å². The summed E-state index contributed by atoms with van der Waals surface area (Å²) in [6.45, 7) is 4.01. The topological polar surface area (TPSA) is 71.1 Å². The van der Waals surface area contributed by atoms with Gasteiger partial charge in [-0.05, 0) is 24.1 Å². The van der Waals surface area contributed by atoms with E-state index >= 15 is 0 Å². The van der Waals surface area contributed by atoms with Crippen LogP contribution in [0.25, 0.3) is 11.4 Å². The van der Waals surface area contributed by atoms with E-state index in [4.69, 9.17) is 16.3 Å². The predicted molar refractivity (Wildman–Crippen MR) is 96.6 cm³/mol. The number of benzene rings is 1. The van der Waals surface area contributed by atoms with Crippen molar-refractivity contribution in [2.75, 3.05) is 21.2 Å². The first-order chi connectivity index (χ1) is 11.3. The Bertz CT molecular complexity index is 718. The van der Waals surface area contributed by atoms with E-state index in [1.807, 2.05) is 13.8 Å². The van der Waals surface area contributed by atoms with Crippen LogP contribution in [-0.4, -0.2) is 52.4 Å². The highest BCUT2D eigenvalue weighted by Gasteiger charge is 2.27. The highest BCUT2D eigenvalue weighted by atomic mass is 35.5. The number of ether oxygens (including phenoxy) is 1. The molecule has 0 fully saturated rings. The quantitative estimate of drug-likeness (QED) is 0.792. The van der Waals surface area contributed by atoms with Gasteiger partial charge in [0.25, 0.3) is 0 Å². The van der Waals surface area contributed by atoms with Crippen LogP contribution in [0.15, 0.2) is 23.4 Å². The third-order valence-electron chi connectivity index (χ3n) is 3.40. The summed E-state index contributed by atoms with van der Waals surface area (Å²) in [5.41, 5.74) is 0.726. The lowest BCUT2D eigenvalue weighted by Crippen LogP contribution is -2.34. The molecule has 0 radical (unpaired) electrons. The number of nitrogens with zero attached hydrogens (tertiary/aromatic N) is 3. The molecule has 0 aliphatic heterocycles. The maximum atomic E-state index is 12.3. The molecule has 0 saturated heterocycles. The minimum Gasteiger partial charge on any atom is -0.496 e. The highest BCUT2D eigenvalue weighted by molar-refractivity contribution is 8.00. The summed E-state index contributed by atoms with van der Waals surface area (Å²) in [6, 6.07) is 5.29. The van der Waals surface area contributed by atoms with Gasteiger partial charge in [0.1, 0.15) is 5.75 Å². The fraction of sp³-hybridized carbons (Fsp3) is 0.438. The molecule has 0 aliphatic carbocycles. The normalized spacial score (nSPS) is 12.3. The van der Waals surface area contributed by atoms with Gasteiger partial charge in [0.05, 0.1) is 17.9 Å². The van der Waals surface area contributed by atoms with Gasteiger partial charge in [0.15, 0.2) is 5.82 Å². The van der Waals surface area contributed by atoms with E-state index in [0.29, 0.717) is 21.8 Å². The molecule has 24 heavy (non-hydrogen) atoms. The van der Waals surface area contributed by atoms with Crippen LogP contribution in [0.5, 0.6) is 5.75 Å². The number of methoxy groups -OCH3 is 1. The van der Waals surface area contributed by atoms with E-state index in [2.05, 4.69) is 15.2 Å². The van der Waals surface area contributed by atoms with Gasteiger partial charge in [-0.25, -0.2) is 4.98 Å². The third kappa shape index (κ3) is 4.21. The smallest absolute Gasteiger partial charge is 0.235 e. The number of carbonyl (C=O) groups is 1. The van der Waals surface area contributed by atoms with Crippen molar-refractivity contribution in [2.45, 2.75) is 24.3 Å². The van der Waals surface area contributed by atoms with E-state index < -0.39 is 0 Å². The zero-order valence-corrected chi connectivity index (χ0v) is 15.9. The standard InChI is InChI=1S/C16H21ClN4O2S/c1-9(2)13(15(22)21(3)4)24-16-18-14(19-20-16)11-8-10(17)6-7-12(11)23-5/h6-9,13H,1-5H3,(H,18,19,20)/t13-/m1/s1. The third-order valence-corrected chi connectivity index (χ3v) is 5.03. The first kappa shape index (κ1) is 18.6. The lowest BCUT2D eigenvalue weighted by Gasteiger charge is -2.21. The van der Waals surface area contributed by atoms with Crippen molar-refractivity contribution in [1.82, 2.24) is 20.1 Å². The van der Waals surface area contributed by atoms with Crippen LogP contribution in [0.1, 0.15) is 13.8 Å². The molecule has 1 aromatic heterocycles. The SMILES string of the molecule is COc1ccc(Cl)cc1-c1nc(S[C@@H](C(=O)N(C)C)C(C)C)n[nH]1. The second kappa shape index (κ2) is 7.90. The van der Waals surface area contributed by atoms with Crippen molar-refractivity contribution < 1.29 is 9.53 Å². The Morgan fingerprint density at radius 2 is 2.08 bits per heavy atom. The number of rotatable bonds is 6. The number of halogens is 1. The van der Waals surface area contributed by atoms with Crippen LogP contribution in [-0.2, 0) is 4.79 Å². The summed E-state index contributed by atoms with van der Waals surface area (Å²) in [6.07, 6.45) is 0. The summed E-state index contributed by atoms with van der Waals surface area (Å²) in [7, 11) is 5.08. The van der Waals surface area contributed by atoms with Gasteiger partial charge in [0, 0.05) is 19.1 Å². The minimum atomic E-state index is -0.245. The fourth-order valence-electron chi connectivity index (χ4n) is 2.12. The van der Waals surface area contributed by atoms with Crippen LogP contribution in [0, 0.1) is 5.92 Å². The molecule has 130 valence electrons. The molecular weight excluding hydrogens is 348 g/mol. The Balaban J connectivity index is 2.27. The number of aromatic nitrogens is 3. The average molecular weight is 369 g/mol. The first-order valence-corrected chi connectivity index (χ1v) is 8.73. The molecule has 8 heteroatoms. The van der Waals surface area contributed by atoms with Crippen molar-refractivity contribution in [3.63, 3.8) is 0 Å². The molecule has 0 bridgehead atoms. The van der Waals surface area contributed by atoms with Gasteiger partial charge in [0.2, 0.25) is 11.1 Å². The number of hydrogen-bond acceptors (Lipinski definition) is 5. The molecule has 1 aromatic carbocycles. The van der Waals surface area contributed by atoms with Crippen molar-refractivity contribution >= 4 is 29.3 Å². The zero-order valence-electron chi connectivity index (χ0n) is 14.3. The number of H-pyrrole nitrogens is 1. The van der Waals surface area contributed by atoms with Gasteiger partial charge in [-0.15, -0.1) is 5.10 Å². The summed E-state index contributed by atoms with van der Waals surface area (Å²) in [4.78, 5) is 18.4. The second-order valence-corrected chi connectivity index (χ2v) is 7.37. The Kier molecular flexibility index (Phi) is 6.12. The average Bonchev–Trinajstić information content (AvgIpc) is 3.00. The summed E-state index contributed by atoms with van der Waals surface area (Å²) < 4.78 is 5.34. The van der Waals surface area contributed by atoms with Crippen molar-refractivity contribution in [1.29, 1.82) is 0 Å². The number of hydrogen-bond donors (Lipinski definition) is 1. The van der Waals surface area contributed by atoms with Gasteiger partial charge in [-0.2, -0.15) is 0 Å². The largest absolute Gasteiger partial charge is 0.496 e. The number of thioether (sulfide) groups is 1. The fourth-order valence-corrected chi connectivity index (χ4v) is 3.35. The lowest BCUT2D eigenvalue weighted by atomic mass is 10.1. The summed E-state index contributed by atoms with van der Waals surface area (Å²) >= 11 is 7.41. The molecule has 0 spiro atoms. The van der Waals surface area contributed by atoms with Gasteiger partial charge >= 0.3 is 0 Å². The number of nitrogens with one attached hydrogen (secondary N) is 1. The van der Waals surface area contributed by atoms with Crippen molar-refractivity contribution in [3.05, 3.63) is 23.2 Å². The molecule has 0 saturated carbocycles. The molecule has 1 atom stereocenters. The van der Waals surface area contributed by atoms with Crippen LogP contribution in [0.4, 0.5) is 0 Å². The van der Waals surface area contributed by atoms with Gasteiger partial charge < -0.3 is 9.64 Å². The Morgan fingerprint density at radius 1 is 1.38 bits per heavy atom. The van der Waals surface area contributed by atoms with Gasteiger partial charge in [-0.1, -0.05) is 37.2 Å². The molecule has 1 N–H and O–H groups in total. The maximum Gasteiger partial charge on any atom is 0.235 e. The Morgan fingerprint density at radius 3 is 2.67 bits per heavy atom. The minimum absolute atomic E-state index is 0.0432. The second-order valence-electron chi connectivity index (χ2n) is 5.83. The predicted octanol–water partition coefficient (Wildman–Crippen LogP) is 3.34. The van der Waals surface area contributed by atoms with Crippen molar-refractivity contribution in [2.24, 2.45) is 5.92 Å². The molecule has 0 unspecified atom stereocenters.